The van der Waals surface area contributed by atoms with Crippen LogP contribution in [-0.2, 0) is 4.79 Å². The number of nitrogens with zero attached hydrogens (tertiary/aromatic N) is 2. The summed E-state index contributed by atoms with van der Waals surface area (Å²) in [7, 11) is 0. The quantitative estimate of drug-likeness (QED) is 0.552. The second-order valence-electron chi connectivity index (χ2n) is 6.24. The lowest BCUT2D eigenvalue weighted by Gasteiger charge is -2.27. The van der Waals surface area contributed by atoms with Crippen LogP contribution in [0.5, 0.6) is 11.5 Å². The van der Waals surface area contributed by atoms with Gasteiger partial charge in [0.05, 0.1) is 17.4 Å². The minimum atomic E-state index is -5.08. The van der Waals surface area contributed by atoms with Crippen LogP contribution in [0.3, 0.4) is 0 Å². The van der Waals surface area contributed by atoms with Gasteiger partial charge >= 0.3 is 12.1 Å². The van der Waals surface area contributed by atoms with E-state index in [2.05, 4.69) is 10.4 Å². The zero-order valence-electron chi connectivity index (χ0n) is 15.0. The van der Waals surface area contributed by atoms with E-state index >= 15 is 0 Å². The Balaban J connectivity index is 0.000000318. The monoisotopic (exact) mass is 431 g/mol. The van der Waals surface area contributed by atoms with Crippen molar-refractivity contribution in [3.05, 3.63) is 48.2 Å². The van der Waals surface area contributed by atoms with Crippen molar-refractivity contribution in [3.63, 3.8) is 0 Å². The molecule has 4 rings (SSSR count). The van der Waals surface area contributed by atoms with E-state index in [0.717, 1.165) is 36.4 Å². The molecular weight excluding hydrogens is 417 g/mol. The maximum Gasteiger partial charge on any atom is 0.490 e. The number of ether oxygens (including phenoxy) is 1. The van der Waals surface area contributed by atoms with Gasteiger partial charge in [-0.25, -0.2) is 13.9 Å². The van der Waals surface area contributed by atoms with Crippen molar-refractivity contribution in [2.45, 2.75) is 12.3 Å². The first-order valence-electron chi connectivity index (χ1n) is 8.40. The number of fused-ring (bicyclic) bond motifs is 1. The van der Waals surface area contributed by atoms with Crippen molar-refractivity contribution < 1.29 is 41.7 Å². The van der Waals surface area contributed by atoms with Gasteiger partial charge in [-0.05, 0) is 18.2 Å². The normalized spacial score (nSPS) is 14.0. The van der Waals surface area contributed by atoms with Crippen LogP contribution in [0.2, 0.25) is 0 Å². The van der Waals surface area contributed by atoms with Crippen molar-refractivity contribution in [2.75, 3.05) is 13.1 Å². The lowest BCUT2D eigenvalue weighted by Crippen LogP contribution is -2.50. The van der Waals surface area contributed by atoms with Gasteiger partial charge < -0.3 is 20.3 Å². The zero-order chi connectivity index (χ0) is 22.1. The third-order valence-corrected chi connectivity index (χ3v) is 4.07. The summed E-state index contributed by atoms with van der Waals surface area (Å²) in [5.74, 6) is -5.17. The summed E-state index contributed by atoms with van der Waals surface area (Å²) in [4.78, 5) is 8.90. The Bertz CT molecular complexity index is 1060. The number of carbonyl (C=O) groups is 1. The average Bonchev–Trinajstić information content (AvgIpc) is 3.05. The Morgan fingerprint density at radius 1 is 1.20 bits per heavy atom. The minimum Gasteiger partial charge on any atom is -0.505 e. The topological polar surface area (TPSA) is 96.6 Å². The summed E-state index contributed by atoms with van der Waals surface area (Å²) in [6.45, 7) is 1.65. The average molecular weight is 431 g/mol. The number of aliphatic carboxylic acids is 1. The predicted octanol–water partition coefficient (Wildman–Crippen LogP) is 2.99. The largest absolute Gasteiger partial charge is 0.505 e. The molecule has 30 heavy (non-hydrogen) atoms. The molecule has 0 spiro atoms. The molecule has 7 nitrogen and oxygen atoms in total. The van der Waals surface area contributed by atoms with E-state index < -0.39 is 29.5 Å². The van der Waals surface area contributed by atoms with E-state index in [1.807, 2.05) is 6.07 Å². The van der Waals surface area contributed by atoms with Crippen LogP contribution in [0.1, 0.15) is 0 Å². The maximum atomic E-state index is 13.5. The maximum absolute atomic E-state index is 13.5. The van der Waals surface area contributed by atoms with Crippen molar-refractivity contribution >= 4 is 16.9 Å². The molecular formula is C18H14F5N3O4. The Morgan fingerprint density at radius 3 is 2.40 bits per heavy atom. The fourth-order valence-corrected chi connectivity index (χ4v) is 2.51. The van der Waals surface area contributed by atoms with Gasteiger partial charge in [-0.2, -0.15) is 22.7 Å². The first kappa shape index (κ1) is 21.3. The number of aromatic nitrogens is 2. The van der Waals surface area contributed by atoms with E-state index in [9.17, 15) is 27.1 Å². The van der Waals surface area contributed by atoms with Crippen LogP contribution >= 0.6 is 0 Å². The minimum absolute atomic E-state index is 0.172. The van der Waals surface area contributed by atoms with E-state index in [-0.39, 0.29) is 11.8 Å². The molecule has 0 saturated carbocycles. The third kappa shape index (κ3) is 4.59. The van der Waals surface area contributed by atoms with Crippen molar-refractivity contribution in [3.8, 4) is 17.2 Å². The van der Waals surface area contributed by atoms with Crippen LogP contribution < -0.4 is 10.1 Å². The Morgan fingerprint density at radius 2 is 1.87 bits per heavy atom. The molecule has 1 saturated heterocycles. The summed E-state index contributed by atoms with van der Waals surface area (Å²) in [5.41, 5.74) is 0.947. The highest BCUT2D eigenvalue weighted by atomic mass is 19.4. The summed E-state index contributed by atoms with van der Waals surface area (Å²) >= 11 is 0. The molecule has 0 radical (unpaired) electrons. The number of hydrogen-bond donors (Lipinski definition) is 3. The Hall–Kier alpha value is -3.41. The highest BCUT2D eigenvalue weighted by molar-refractivity contribution is 5.81. The lowest BCUT2D eigenvalue weighted by molar-refractivity contribution is -0.192. The zero-order valence-corrected chi connectivity index (χ0v) is 15.0. The van der Waals surface area contributed by atoms with E-state index in [1.54, 1.807) is 18.3 Å². The molecule has 12 heteroatoms. The molecule has 2 aromatic carbocycles. The van der Waals surface area contributed by atoms with Gasteiger partial charge in [-0.1, -0.05) is 0 Å². The molecule has 1 aromatic heterocycles. The van der Waals surface area contributed by atoms with Gasteiger partial charge in [-0.15, -0.1) is 0 Å². The molecule has 3 N–H and O–H groups in total. The second-order valence-corrected chi connectivity index (χ2v) is 6.24. The van der Waals surface area contributed by atoms with Gasteiger partial charge in [0.2, 0.25) is 0 Å². The highest BCUT2D eigenvalue weighted by Gasteiger charge is 2.38. The molecule has 0 bridgehead atoms. The van der Waals surface area contributed by atoms with Gasteiger partial charge in [0.25, 0.3) is 0 Å². The van der Waals surface area contributed by atoms with Crippen LogP contribution in [0, 0.1) is 11.6 Å². The first-order chi connectivity index (χ1) is 14.1. The molecule has 1 aliphatic rings. The summed E-state index contributed by atoms with van der Waals surface area (Å²) in [5, 5.41) is 24.7. The molecule has 0 amide bonds. The van der Waals surface area contributed by atoms with Gasteiger partial charge in [0.15, 0.2) is 17.4 Å². The number of aromatic hydroxyl groups is 1. The number of carboxylic acid groups (broad SMARTS) is 1. The SMILES string of the molecule is O=C(O)C(F)(F)F.Oc1cc(-n2ncc3cc(OC4CNC4)ccc32)cc(F)c1F. The van der Waals surface area contributed by atoms with Crippen LogP contribution in [0.15, 0.2) is 36.5 Å². The predicted molar refractivity (Wildman–Crippen MR) is 93.6 cm³/mol. The number of benzene rings is 2. The number of hydrogen-bond acceptors (Lipinski definition) is 5. The molecule has 0 unspecified atom stereocenters. The van der Waals surface area contributed by atoms with Crippen LogP contribution in [0.4, 0.5) is 22.0 Å². The smallest absolute Gasteiger partial charge is 0.490 e. The van der Waals surface area contributed by atoms with E-state index in [0.29, 0.717) is 5.52 Å². The van der Waals surface area contributed by atoms with Crippen molar-refractivity contribution in [2.24, 2.45) is 0 Å². The molecule has 1 fully saturated rings. The summed E-state index contributed by atoms with van der Waals surface area (Å²) in [6, 6.07) is 7.57. The molecule has 2 heterocycles. The van der Waals surface area contributed by atoms with Gasteiger partial charge in [0, 0.05) is 30.6 Å². The standard InChI is InChI=1S/C16H13F2N3O2.C2HF3O2/c17-13-4-10(5-15(22)16(13)18)21-14-2-1-11(3-9(14)6-20-21)23-12-7-19-8-12;3-2(4,5)1(6)7/h1-6,12,19,22H,7-8H2;(H,6,7). The molecule has 1 aliphatic heterocycles. The van der Waals surface area contributed by atoms with E-state index in [1.165, 1.54) is 4.68 Å². The summed E-state index contributed by atoms with van der Waals surface area (Å²) < 4.78 is 65.6. The summed E-state index contributed by atoms with van der Waals surface area (Å²) in [6.07, 6.45) is -3.30. The number of carboxylic acids is 1. The Labute approximate surface area is 165 Å². The van der Waals surface area contributed by atoms with Crippen molar-refractivity contribution in [1.82, 2.24) is 15.1 Å². The number of phenols is 1. The molecule has 3 aromatic rings. The fraction of sp³-hybridized carbons (Fsp3) is 0.222. The van der Waals surface area contributed by atoms with Gasteiger partial charge in [-0.3, -0.25) is 0 Å². The highest BCUT2D eigenvalue weighted by Crippen LogP contribution is 2.27. The lowest BCUT2D eigenvalue weighted by atomic mass is 10.2. The number of halogens is 5. The Kier molecular flexibility index (Phi) is 5.78. The molecule has 0 aliphatic carbocycles. The number of nitrogens with one attached hydrogen (secondary N) is 1. The number of alkyl halides is 3. The van der Waals surface area contributed by atoms with Crippen LogP contribution in [0.25, 0.3) is 16.6 Å². The van der Waals surface area contributed by atoms with Crippen molar-refractivity contribution in [1.29, 1.82) is 0 Å². The number of rotatable bonds is 3. The van der Waals surface area contributed by atoms with Gasteiger partial charge in [0.1, 0.15) is 11.9 Å². The van der Waals surface area contributed by atoms with Crippen LogP contribution in [-0.4, -0.2) is 51.3 Å². The molecule has 0 atom stereocenters. The fourth-order valence-electron chi connectivity index (χ4n) is 2.51. The second kappa shape index (κ2) is 8.14. The first-order valence-corrected chi connectivity index (χ1v) is 8.40. The number of phenolic OH excluding ortho intramolecular Hbond substituents is 1. The third-order valence-electron chi connectivity index (χ3n) is 4.07. The van der Waals surface area contributed by atoms with E-state index in [4.69, 9.17) is 14.6 Å². The molecule has 160 valence electrons.